The van der Waals surface area contributed by atoms with E-state index in [2.05, 4.69) is 5.32 Å². The van der Waals surface area contributed by atoms with E-state index < -0.39 is 11.9 Å². The molecule has 7 heteroatoms. The summed E-state index contributed by atoms with van der Waals surface area (Å²) in [5.74, 6) is -1.13. The van der Waals surface area contributed by atoms with Crippen LogP contribution in [0, 0.1) is 5.82 Å². The van der Waals surface area contributed by atoms with Gasteiger partial charge in [0.15, 0.2) is 0 Å². The number of carbonyl (C=O) groups excluding carboxylic acids is 2. The highest BCUT2D eigenvalue weighted by Gasteiger charge is 2.31. The second-order valence-corrected chi connectivity index (χ2v) is 9.17. The Balaban J connectivity index is 2.02. The second kappa shape index (κ2) is 12.0. The Kier molecular flexibility index (Phi) is 9.08. The highest BCUT2D eigenvalue weighted by molar-refractivity contribution is 6.36. The lowest BCUT2D eigenvalue weighted by Gasteiger charge is -2.32. The van der Waals surface area contributed by atoms with E-state index in [1.54, 1.807) is 36.4 Å². The fraction of sp³-hybridized carbons (Fsp3) is 0.259. The van der Waals surface area contributed by atoms with Gasteiger partial charge in [-0.1, -0.05) is 77.8 Å². The maximum absolute atomic E-state index is 14.6. The molecule has 0 saturated heterocycles. The smallest absolute Gasteiger partial charge is 0.243 e. The number of amides is 2. The van der Waals surface area contributed by atoms with E-state index in [1.807, 2.05) is 44.2 Å². The summed E-state index contributed by atoms with van der Waals surface area (Å²) < 4.78 is 14.6. The zero-order chi connectivity index (χ0) is 24.7. The monoisotopic (exact) mass is 500 g/mol. The number of hydrogen-bond acceptors (Lipinski definition) is 2. The minimum absolute atomic E-state index is 0.0728. The van der Waals surface area contributed by atoms with Crippen molar-refractivity contribution >= 4 is 35.0 Å². The summed E-state index contributed by atoms with van der Waals surface area (Å²) in [7, 11) is 0. The number of hydrogen-bond donors (Lipinski definition) is 1. The summed E-state index contributed by atoms with van der Waals surface area (Å²) in [6.45, 7) is 3.63. The molecular weight excluding hydrogens is 474 g/mol. The molecule has 0 aliphatic carbocycles. The standard InChI is InChI=1S/C27H27Cl2FN2O2/c1-18(2)31-27(34)25(15-19-9-4-3-5-10-19)32(17-20-11-6-7-14-24(20)30)26(33)16-21-22(28)12-8-13-23(21)29/h3-14,18,25H,15-17H2,1-2H3,(H,31,34)/t25-/m1/s1. The van der Waals surface area contributed by atoms with Crippen LogP contribution < -0.4 is 5.32 Å². The maximum atomic E-state index is 14.6. The molecular formula is C27H27Cl2FN2O2. The lowest BCUT2D eigenvalue weighted by Crippen LogP contribution is -2.52. The molecule has 3 rings (SSSR count). The van der Waals surface area contributed by atoms with Crippen LogP contribution in [0.25, 0.3) is 0 Å². The first-order chi connectivity index (χ1) is 16.3. The summed E-state index contributed by atoms with van der Waals surface area (Å²) >= 11 is 12.6. The Morgan fingerprint density at radius 2 is 1.53 bits per heavy atom. The molecule has 0 aromatic heterocycles. The third-order valence-electron chi connectivity index (χ3n) is 5.39. The molecule has 0 radical (unpaired) electrons. The van der Waals surface area contributed by atoms with E-state index in [9.17, 15) is 14.0 Å². The molecule has 1 N–H and O–H groups in total. The molecule has 1 atom stereocenters. The van der Waals surface area contributed by atoms with Gasteiger partial charge in [-0.25, -0.2) is 4.39 Å². The maximum Gasteiger partial charge on any atom is 0.243 e. The lowest BCUT2D eigenvalue weighted by atomic mass is 10.0. The van der Waals surface area contributed by atoms with Crippen molar-refractivity contribution in [3.05, 3.63) is 105 Å². The minimum atomic E-state index is -0.863. The highest BCUT2D eigenvalue weighted by atomic mass is 35.5. The molecule has 0 saturated carbocycles. The molecule has 0 unspecified atom stereocenters. The van der Waals surface area contributed by atoms with E-state index >= 15 is 0 Å². The molecule has 0 aliphatic rings. The lowest BCUT2D eigenvalue weighted by molar-refractivity contribution is -0.141. The number of nitrogens with zero attached hydrogens (tertiary/aromatic N) is 1. The first-order valence-electron chi connectivity index (χ1n) is 11.1. The van der Waals surface area contributed by atoms with Gasteiger partial charge in [0, 0.05) is 34.6 Å². The van der Waals surface area contributed by atoms with E-state index in [4.69, 9.17) is 23.2 Å². The zero-order valence-electron chi connectivity index (χ0n) is 19.1. The molecule has 2 amide bonds. The average Bonchev–Trinajstić information content (AvgIpc) is 2.80. The Labute approximate surface area is 209 Å². The quantitative estimate of drug-likeness (QED) is 0.401. The molecule has 3 aromatic rings. The zero-order valence-corrected chi connectivity index (χ0v) is 20.6. The van der Waals surface area contributed by atoms with Gasteiger partial charge in [0.25, 0.3) is 0 Å². The van der Waals surface area contributed by atoms with E-state index in [1.165, 1.54) is 11.0 Å². The third kappa shape index (κ3) is 6.81. The molecule has 0 bridgehead atoms. The molecule has 178 valence electrons. The van der Waals surface area contributed by atoms with Crippen molar-refractivity contribution in [1.82, 2.24) is 10.2 Å². The SMILES string of the molecule is CC(C)NC(=O)[C@@H](Cc1ccccc1)N(Cc1ccccc1F)C(=O)Cc1c(Cl)cccc1Cl. The third-order valence-corrected chi connectivity index (χ3v) is 6.10. The van der Waals surface area contributed by atoms with Crippen molar-refractivity contribution in [2.24, 2.45) is 0 Å². The average molecular weight is 501 g/mol. The van der Waals surface area contributed by atoms with Crippen LogP contribution in [0.4, 0.5) is 4.39 Å². The molecule has 0 heterocycles. The predicted molar refractivity (Wildman–Crippen MR) is 134 cm³/mol. The molecule has 3 aromatic carbocycles. The summed E-state index contributed by atoms with van der Waals surface area (Å²) in [6.07, 6.45) is 0.156. The molecule has 0 spiro atoms. The van der Waals surface area contributed by atoms with Gasteiger partial charge in [0.05, 0.1) is 6.42 Å². The van der Waals surface area contributed by atoms with Crippen molar-refractivity contribution < 1.29 is 14.0 Å². The fourth-order valence-electron chi connectivity index (χ4n) is 3.70. The van der Waals surface area contributed by atoms with Crippen LogP contribution in [0.1, 0.15) is 30.5 Å². The van der Waals surface area contributed by atoms with Crippen molar-refractivity contribution in [2.75, 3.05) is 0 Å². The van der Waals surface area contributed by atoms with Gasteiger partial charge in [-0.3, -0.25) is 9.59 Å². The van der Waals surface area contributed by atoms with Crippen LogP contribution in [0.15, 0.2) is 72.8 Å². The number of benzene rings is 3. The summed E-state index contributed by atoms with van der Waals surface area (Å²) in [5, 5.41) is 3.63. The van der Waals surface area contributed by atoms with E-state index in [-0.39, 0.29) is 37.2 Å². The number of nitrogens with one attached hydrogen (secondary N) is 1. The molecule has 4 nitrogen and oxygen atoms in total. The number of rotatable bonds is 9. The van der Waals surface area contributed by atoms with Crippen LogP contribution in [-0.2, 0) is 29.0 Å². The van der Waals surface area contributed by atoms with Gasteiger partial charge in [0.2, 0.25) is 11.8 Å². The fourth-order valence-corrected chi connectivity index (χ4v) is 4.23. The van der Waals surface area contributed by atoms with Crippen molar-refractivity contribution in [1.29, 1.82) is 0 Å². The summed E-state index contributed by atoms with van der Waals surface area (Å²) in [5.41, 5.74) is 1.67. The van der Waals surface area contributed by atoms with Crippen LogP contribution in [0.5, 0.6) is 0 Å². The topological polar surface area (TPSA) is 49.4 Å². The number of halogens is 3. The predicted octanol–water partition coefficient (Wildman–Crippen LogP) is 5.84. The minimum Gasteiger partial charge on any atom is -0.352 e. The van der Waals surface area contributed by atoms with Crippen LogP contribution in [0.3, 0.4) is 0 Å². The second-order valence-electron chi connectivity index (χ2n) is 8.36. The van der Waals surface area contributed by atoms with Crippen molar-refractivity contribution in [3.8, 4) is 0 Å². The first-order valence-corrected chi connectivity index (χ1v) is 11.8. The Hall–Kier alpha value is -2.89. The first kappa shape index (κ1) is 25.7. The van der Waals surface area contributed by atoms with Crippen molar-refractivity contribution in [2.45, 2.75) is 45.3 Å². The van der Waals surface area contributed by atoms with Gasteiger partial charge < -0.3 is 10.2 Å². The Bertz CT molecular complexity index is 1120. The van der Waals surface area contributed by atoms with Crippen molar-refractivity contribution in [3.63, 3.8) is 0 Å². The molecule has 0 aliphatic heterocycles. The largest absolute Gasteiger partial charge is 0.352 e. The van der Waals surface area contributed by atoms with Gasteiger partial charge in [-0.05, 0) is 43.2 Å². The number of carbonyl (C=O) groups is 2. The Morgan fingerprint density at radius 3 is 2.15 bits per heavy atom. The van der Waals surface area contributed by atoms with Crippen LogP contribution >= 0.6 is 23.2 Å². The summed E-state index contributed by atoms with van der Waals surface area (Å²) in [4.78, 5) is 28.4. The van der Waals surface area contributed by atoms with Gasteiger partial charge in [-0.2, -0.15) is 0 Å². The summed E-state index contributed by atoms with van der Waals surface area (Å²) in [6, 6.07) is 19.7. The van der Waals surface area contributed by atoms with E-state index in [0.717, 1.165) is 5.56 Å². The van der Waals surface area contributed by atoms with Crippen LogP contribution in [0.2, 0.25) is 10.0 Å². The van der Waals surface area contributed by atoms with Gasteiger partial charge in [-0.15, -0.1) is 0 Å². The highest BCUT2D eigenvalue weighted by Crippen LogP contribution is 2.26. The molecule has 0 fully saturated rings. The normalized spacial score (nSPS) is 11.8. The molecule has 34 heavy (non-hydrogen) atoms. The van der Waals surface area contributed by atoms with E-state index in [0.29, 0.717) is 21.2 Å². The Morgan fingerprint density at radius 1 is 0.912 bits per heavy atom. The van der Waals surface area contributed by atoms with Crippen LogP contribution in [-0.4, -0.2) is 28.8 Å². The van der Waals surface area contributed by atoms with Gasteiger partial charge >= 0.3 is 0 Å². The van der Waals surface area contributed by atoms with Gasteiger partial charge in [0.1, 0.15) is 11.9 Å².